The van der Waals surface area contributed by atoms with Crippen LogP contribution in [0.4, 0.5) is 9.52 Å². The van der Waals surface area contributed by atoms with Crippen molar-refractivity contribution < 1.29 is 9.18 Å². The van der Waals surface area contributed by atoms with Crippen LogP contribution in [-0.2, 0) is 6.54 Å². The number of amides is 1. The second-order valence-corrected chi connectivity index (χ2v) is 7.75. The Kier molecular flexibility index (Phi) is 4.92. The number of benzene rings is 2. The molecule has 2 heterocycles. The first-order valence-corrected chi connectivity index (χ1v) is 9.80. The number of hydrogen-bond acceptors (Lipinski definition) is 4. The minimum absolute atomic E-state index is 0.0528. The lowest BCUT2D eigenvalue weighted by molar-refractivity contribution is 0.0973. The molecule has 4 rings (SSSR count). The van der Waals surface area contributed by atoms with E-state index in [1.807, 2.05) is 44.2 Å². The highest BCUT2D eigenvalue weighted by Crippen LogP contribution is 2.31. The molecule has 0 bridgehead atoms. The Balaban J connectivity index is 1.78. The van der Waals surface area contributed by atoms with Gasteiger partial charge in [0.25, 0.3) is 5.91 Å². The van der Waals surface area contributed by atoms with E-state index in [0.29, 0.717) is 27.6 Å². The minimum Gasteiger partial charge on any atom is -0.278 e. The van der Waals surface area contributed by atoms with Crippen LogP contribution in [0.1, 0.15) is 35.9 Å². The lowest BCUT2D eigenvalue weighted by atomic mass is 10.2. The van der Waals surface area contributed by atoms with Crippen molar-refractivity contribution >= 4 is 32.6 Å². The van der Waals surface area contributed by atoms with Gasteiger partial charge in [-0.15, -0.1) is 0 Å². The number of anilines is 1. The summed E-state index contributed by atoms with van der Waals surface area (Å²) in [4.78, 5) is 19.7. The Bertz CT molecular complexity index is 1120. The third-order valence-corrected chi connectivity index (χ3v) is 5.42. The quantitative estimate of drug-likeness (QED) is 0.475. The summed E-state index contributed by atoms with van der Waals surface area (Å²) in [7, 11) is 0. The predicted molar refractivity (Wildman–Crippen MR) is 109 cm³/mol. The van der Waals surface area contributed by atoms with Crippen molar-refractivity contribution in [1.82, 2.24) is 14.8 Å². The van der Waals surface area contributed by atoms with Crippen LogP contribution in [0.5, 0.6) is 0 Å². The van der Waals surface area contributed by atoms with Gasteiger partial charge in [0, 0.05) is 12.2 Å². The van der Waals surface area contributed by atoms with E-state index in [0.717, 1.165) is 5.56 Å². The van der Waals surface area contributed by atoms with Crippen LogP contribution in [-0.4, -0.2) is 20.7 Å². The highest BCUT2D eigenvalue weighted by atomic mass is 32.1. The summed E-state index contributed by atoms with van der Waals surface area (Å²) in [6.07, 6.45) is 1.63. The van der Waals surface area contributed by atoms with Crippen molar-refractivity contribution in [3.63, 3.8) is 0 Å². The minimum atomic E-state index is -0.318. The molecule has 0 saturated heterocycles. The first-order valence-electron chi connectivity index (χ1n) is 8.98. The van der Waals surface area contributed by atoms with Crippen LogP contribution in [0.2, 0.25) is 0 Å². The van der Waals surface area contributed by atoms with Crippen molar-refractivity contribution in [2.24, 2.45) is 0 Å². The van der Waals surface area contributed by atoms with E-state index in [-0.39, 0.29) is 17.8 Å². The number of fused-ring (bicyclic) bond motifs is 1. The summed E-state index contributed by atoms with van der Waals surface area (Å²) in [6.45, 7) is 4.32. The largest absolute Gasteiger partial charge is 0.278 e. The topological polar surface area (TPSA) is 51.0 Å². The highest BCUT2D eigenvalue weighted by molar-refractivity contribution is 7.22. The third-order valence-electron chi connectivity index (χ3n) is 4.38. The third kappa shape index (κ3) is 3.53. The number of halogens is 1. The molecule has 5 nitrogen and oxygen atoms in total. The number of carbonyl (C=O) groups excluding carboxylic acids is 1. The van der Waals surface area contributed by atoms with Crippen LogP contribution in [0.3, 0.4) is 0 Å². The van der Waals surface area contributed by atoms with Crippen molar-refractivity contribution in [3.8, 4) is 0 Å². The molecule has 0 aliphatic heterocycles. The summed E-state index contributed by atoms with van der Waals surface area (Å²) in [5, 5.41) is 4.81. The first-order chi connectivity index (χ1) is 13.5. The Morgan fingerprint density at radius 2 is 1.96 bits per heavy atom. The Hall–Kier alpha value is -3.06. The Labute approximate surface area is 166 Å². The summed E-state index contributed by atoms with van der Waals surface area (Å²) in [5.74, 6) is -0.504. The van der Waals surface area contributed by atoms with Crippen LogP contribution < -0.4 is 4.90 Å². The van der Waals surface area contributed by atoms with Gasteiger partial charge in [0.1, 0.15) is 11.5 Å². The highest BCUT2D eigenvalue weighted by Gasteiger charge is 2.25. The monoisotopic (exact) mass is 394 g/mol. The molecule has 0 aliphatic carbocycles. The molecule has 0 fully saturated rings. The van der Waals surface area contributed by atoms with Gasteiger partial charge in [-0.3, -0.25) is 14.4 Å². The molecule has 28 heavy (non-hydrogen) atoms. The normalized spacial score (nSPS) is 11.3. The SMILES string of the molecule is CC(C)n1nccc1C(=O)N(Cc1ccccc1)c1nc2ccc(F)cc2s1. The molecule has 0 radical (unpaired) electrons. The lowest BCUT2D eigenvalue weighted by Gasteiger charge is -2.21. The lowest BCUT2D eigenvalue weighted by Crippen LogP contribution is -2.32. The van der Waals surface area contributed by atoms with Crippen molar-refractivity contribution in [3.05, 3.63) is 77.9 Å². The Morgan fingerprint density at radius 1 is 1.18 bits per heavy atom. The standard InChI is InChI=1S/C21H19FN4OS/c1-14(2)26-18(10-11-23-26)20(27)25(13-15-6-4-3-5-7-15)21-24-17-9-8-16(22)12-19(17)28-21/h3-12,14H,13H2,1-2H3. The zero-order valence-electron chi connectivity index (χ0n) is 15.5. The number of thiazole rings is 1. The summed E-state index contributed by atoms with van der Waals surface area (Å²) in [5.41, 5.74) is 2.15. The van der Waals surface area contributed by atoms with Gasteiger partial charge in [-0.1, -0.05) is 41.7 Å². The van der Waals surface area contributed by atoms with E-state index in [1.165, 1.54) is 23.5 Å². The second kappa shape index (κ2) is 7.52. The molecule has 0 aliphatic rings. The van der Waals surface area contributed by atoms with E-state index in [2.05, 4.69) is 10.1 Å². The Morgan fingerprint density at radius 3 is 2.71 bits per heavy atom. The van der Waals surface area contributed by atoms with Crippen LogP contribution >= 0.6 is 11.3 Å². The zero-order valence-corrected chi connectivity index (χ0v) is 16.4. The van der Waals surface area contributed by atoms with Gasteiger partial charge in [-0.05, 0) is 43.7 Å². The molecule has 0 spiro atoms. The fourth-order valence-corrected chi connectivity index (χ4v) is 4.02. The first kappa shape index (κ1) is 18.3. The van der Waals surface area contributed by atoms with Crippen LogP contribution in [0.25, 0.3) is 10.2 Å². The van der Waals surface area contributed by atoms with Gasteiger partial charge >= 0.3 is 0 Å². The van der Waals surface area contributed by atoms with Gasteiger partial charge in [-0.25, -0.2) is 9.37 Å². The van der Waals surface area contributed by atoms with Gasteiger partial charge in [0.05, 0.1) is 16.8 Å². The number of aromatic nitrogens is 3. The van der Waals surface area contributed by atoms with Gasteiger partial charge < -0.3 is 0 Å². The summed E-state index contributed by atoms with van der Waals surface area (Å²) >= 11 is 1.30. The fourth-order valence-electron chi connectivity index (χ4n) is 3.03. The van der Waals surface area contributed by atoms with Gasteiger partial charge in [0.15, 0.2) is 5.13 Å². The van der Waals surface area contributed by atoms with E-state index in [4.69, 9.17) is 0 Å². The molecular weight excluding hydrogens is 375 g/mol. The van der Waals surface area contributed by atoms with Crippen LogP contribution in [0, 0.1) is 5.82 Å². The number of carbonyl (C=O) groups is 1. The molecule has 2 aromatic heterocycles. The fraction of sp³-hybridized carbons (Fsp3) is 0.190. The maximum atomic E-state index is 13.6. The smallest absolute Gasteiger partial charge is 0.278 e. The predicted octanol–water partition coefficient (Wildman–Crippen LogP) is 5.06. The molecule has 1 amide bonds. The molecule has 7 heteroatoms. The maximum Gasteiger partial charge on any atom is 0.278 e. The van der Waals surface area contributed by atoms with E-state index in [1.54, 1.807) is 27.9 Å². The molecule has 0 atom stereocenters. The number of rotatable bonds is 5. The van der Waals surface area contributed by atoms with E-state index in [9.17, 15) is 9.18 Å². The summed E-state index contributed by atoms with van der Waals surface area (Å²) < 4.78 is 16.0. The average Bonchev–Trinajstić information content (AvgIpc) is 3.33. The van der Waals surface area contributed by atoms with Crippen molar-refractivity contribution in [2.75, 3.05) is 4.90 Å². The molecule has 2 aromatic carbocycles. The maximum absolute atomic E-state index is 13.6. The van der Waals surface area contributed by atoms with E-state index >= 15 is 0 Å². The molecule has 0 saturated carbocycles. The number of nitrogens with zero attached hydrogens (tertiary/aromatic N) is 4. The molecular formula is C21H19FN4OS. The molecule has 4 aromatic rings. The van der Waals surface area contributed by atoms with Gasteiger partial charge in [-0.2, -0.15) is 5.10 Å². The van der Waals surface area contributed by atoms with Crippen molar-refractivity contribution in [2.45, 2.75) is 26.4 Å². The number of hydrogen-bond donors (Lipinski definition) is 0. The zero-order chi connectivity index (χ0) is 19.7. The van der Waals surface area contributed by atoms with E-state index < -0.39 is 0 Å². The second-order valence-electron chi connectivity index (χ2n) is 6.74. The molecule has 142 valence electrons. The van der Waals surface area contributed by atoms with Crippen LogP contribution in [0.15, 0.2) is 60.8 Å². The molecule has 0 unspecified atom stereocenters. The summed E-state index contributed by atoms with van der Waals surface area (Å²) in [6, 6.07) is 16.0. The van der Waals surface area contributed by atoms with Crippen molar-refractivity contribution in [1.29, 1.82) is 0 Å². The molecule has 0 N–H and O–H groups in total. The van der Waals surface area contributed by atoms with Gasteiger partial charge in [0.2, 0.25) is 0 Å². The average molecular weight is 394 g/mol.